The summed E-state index contributed by atoms with van der Waals surface area (Å²) in [7, 11) is 0. The van der Waals surface area contributed by atoms with Crippen molar-refractivity contribution in [3.8, 4) is 11.5 Å². The van der Waals surface area contributed by atoms with Crippen LogP contribution >= 0.6 is 23.2 Å². The van der Waals surface area contributed by atoms with Gasteiger partial charge >= 0.3 is 0 Å². The van der Waals surface area contributed by atoms with E-state index >= 15 is 0 Å². The number of amides is 1. The summed E-state index contributed by atoms with van der Waals surface area (Å²) in [4.78, 5) is 12.1. The molecule has 2 aromatic rings. The SMILES string of the molecule is O=C(NN=Cc1ccc(Cl)cc1Cl)[C@@H]1COc2ccccc2O1. The van der Waals surface area contributed by atoms with E-state index in [4.69, 9.17) is 32.7 Å². The van der Waals surface area contributed by atoms with E-state index in [0.29, 0.717) is 27.1 Å². The Balaban J connectivity index is 1.61. The fraction of sp³-hybridized carbons (Fsp3) is 0.125. The number of hydrazone groups is 1. The van der Waals surface area contributed by atoms with Gasteiger partial charge in [0.2, 0.25) is 6.10 Å². The van der Waals surface area contributed by atoms with E-state index in [9.17, 15) is 4.79 Å². The molecular formula is C16H12Cl2N2O3. The van der Waals surface area contributed by atoms with Crippen LogP contribution in [0.4, 0.5) is 0 Å². The van der Waals surface area contributed by atoms with Crippen molar-refractivity contribution in [1.29, 1.82) is 0 Å². The number of halogens is 2. The highest BCUT2D eigenvalue weighted by atomic mass is 35.5. The third-order valence-corrected chi connectivity index (χ3v) is 3.70. The molecule has 1 amide bonds. The van der Waals surface area contributed by atoms with E-state index in [1.165, 1.54) is 6.21 Å². The summed E-state index contributed by atoms with van der Waals surface area (Å²) >= 11 is 11.8. The minimum Gasteiger partial charge on any atom is -0.485 e. The number of carbonyl (C=O) groups excluding carboxylic acids is 1. The van der Waals surface area contributed by atoms with Gasteiger partial charge in [0.05, 0.1) is 11.2 Å². The first-order valence-electron chi connectivity index (χ1n) is 6.80. The summed E-state index contributed by atoms with van der Waals surface area (Å²) in [6, 6.07) is 12.2. The zero-order chi connectivity index (χ0) is 16.2. The molecule has 1 N–H and O–H groups in total. The number of hydrogen-bond acceptors (Lipinski definition) is 4. The molecule has 0 spiro atoms. The van der Waals surface area contributed by atoms with Gasteiger partial charge in [0, 0.05) is 10.6 Å². The Bertz CT molecular complexity index is 765. The third kappa shape index (κ3) is 3.75. The van der Waals surface area contributed by atoms with Crippen LogP contribution in [0.2, 0.25) is 10.0 Å². The maximum absolute atomic E-state index is 12.1. The number of carbonyl (C=O) groups is 1. The Morgan fingerprint density at radius 2 is 2.00 bits per heavy atom. The van der Waals surface area contributed by atoms with Crippen molar-refractivity contribution >= 4 is 35.3 Å². The molecule has 0 unspecified atom stereocenters. The van der Waals surface area contributed by atoms with E-state index in [0.717, 1.165) is 0 Å². The molecule has 0 saturated heterocycles. The number of para-hydroxylation sites is 2. The summed E-state index contributed by atoms with van der Waals surface area (Å²) in [6.45, 7) is 0.125. The molecule has 0 radical (unpaired) electrons. The molecule has 1 atom stereocenters. The van der Waals surface area contributed by atoms with Gasteiger partial charge in [-0.25, -0.2) is 5.43 Å². The highest BCUT2D eigenvalue weighted by molar-refractivity contribution is 6.36. The highest BCUT2D eigenvalue weighted by Crippen LogP contribution is 2.30. The second kappa shape index (κ2) is 6.89. The second-order valence-corrected chi connectivity index (χ2v) is 5.61. The molecule has 118 valence electrons. The molecule has 0 aliphatic carbocycles. The number of benzene rings is 2. The Hall–Kier alpha value is -2.24. The molecule has 2 aromatic carbocycles. The van der Waals surface area contributed by atoms with Crippen LogP contribution in [0.5, 0.6) is 11.5 Å². The zero-order valence-electron chi connectivity index (χ0n) is 11.8. The summed E-state index contributed by atoms with van der Waals surface area (Å²) < 4.78 is 11.1. The predicted molar refractivity (Wildman–Crippen MR) is 88.6 cm³/mol. The van der Waals surface area contributed by atoms with Crippen LogP contribution in [-0.4, -0.2) is 24.8 Å². The maximum Gasteiger partial charge on any atom is 0.284 e. The number of nitrogens with zero attached hydrogens (tertiary/aromatic N) is 1. The first-order valence-corrected chi connectivity index (χ1v) is 7.55. The minimum absolute atomic E-state index is 0.125. The molecule has 1 aliphatic rings. The average molecular weight is 351 g/mol. The second-order valence-electron chi connectivity index (χ2n) is 4.76. The van der Waals surface area contributed by atoms with Crippen LogP contribution < -0.4 is 14.9 Å². The Labute approximate surface area is 142 Å². The van der Waals surface area contributed by atoms with Gasteiger partial charge in [0.25, 0.3) is 5.91 Å². The van der Waals surface area contributed by atoms with Gasteiger partial charge in [-0.3, -0.25) is 4.79 Å². The van der Waals surface area contributed by atoms with E-state index in [2.05, 4.69) is 10.5 Å². The number of fused-ring (bicyclic) bond motifs is 1. The summed E-state index contributed by atoms with van der Waals surface area (Å²) in [5.41, 5.74) is 3.05. The molecule has 0 fully saturated rings. The minimum atomic E-state index is -0.761. The molecule has 1 aliphatic heterocycles. The van der Waals surface area contributed by atoms with Crippen molar-refractivity contribution in [2.45, 2.75) is 6.10 Å². The lowest BCUT2D eigenvalue weighted by atomic mass is 10.2. The smallest absolute Gasteiger partial charge is 0.284 e. The van der Waals surface area contributed by atoms with Gasteiger partial charge in [-0.15, -0.1) is 0 Å². The summed E-state index contributed by atoms with van der Waals surface area (Å²) in [5, 5.41) is 4.85. The van der Waals surface area contributed by atoms with Gasteiger partial charge in [0.15, 0.2) is 11.5 Å². The van der Waals surface area contributed by atoms with Gasteiger partial charge in [-0.1, -0.05) is 41.4 Å². The number of hydrogen-bond donors (Lipinski definition) is 1. The summed E-state index contributed by atoms with van der Waals surface area (Å²) in [5.74, 6) is 0.748. The zero-order valence-corrected chi connectivity index (χ0v) is 13.3. The topological polar surface area (TPSA) is 59.9 Å². The lowest BCUT2D eigenvalue weighted by Crippen LogP contribution is -2.42. The molecule has 0 aromatic heterocycles. The lowest BCUT2D eigenvalue weighted by Gasteiger charge is -2.24. The van der Waals surface area contributed by atoms with Crippen LogP contribution in [0, 0.1) is 0 Å². The standard InChI is InChI=1S/C16H12Cl2N2O3/c17-11-6-5-10(12(18)7-11)8-19-20-16(21)15-9-22-13-3-1-2-4-14(13)23-15/h1-8,15H,9H2,(H,20,21)/t15-/m0/s1. The van der Waals surface area contributed by atoms with Gasteiger partial charge < -0.3 is 9.47 Å². The van der Waals surface area contributed by atoms with Crippen molar-refractivity contribution in [2.75, 3.05) is 6.61 Å². The number of rotatable bonds is 3. The predicted octanol–water partition coefficient (Wildman–Crippen LogP) is 3.28. The number of ether oxygens (including phenoxy) is 2. The van der Waals surface area contributed by atoms with E-state index in [-0.39, 0.29) is 6.61 Å². The van der Waals surface area contributed by atoms with Crippen LogP contribution in [0.1, 0.15) is 5.56 Å². The van der Waals surface area contributed by atoms with Crippen molar-refractivity contribution in [3.05, 3.63) is 58.1 Å². The fourth-order valence-electron chi connectivity index (χ4n) is 1.99. The molecule has 3 rings (SSSR count). The Morgan fingerprint density at radius 3 is 2.78 bits per heavy atom. The first-order chi connectivity index (χ1) is 11.1. The Morgan fingerprint density at radius 1 is 1.22 bits per heavy atom. The van der Waals surface area contributed by atoms with Crippen LogP contribution in [0.25, 0.3) is 0 Å². The lowest BCUT2D eigenvalue weighted by molar-refractivity contribution is -0.130. The van der Waals surface area contributed by atoms with E-state index in [1.807, 2.05) is 12.1 Å². The van der Waals surface area contributed by atoms with Crippen molar-refractivity contribution in [1.82, 2.24) is 5.43 Å². The summed E-state index contributed by atoms with van der Waals surface area (Å²) in [6.07, 6.45) is 0.677. The van der Waals surface area contributed by atoms with Crippen LogP contribution in [-0.2, 0) is 4.79 Å². The van der Waals surface area contributed by atoms with Crippen molar-refractivity contribution in [3.63, 3.8) is 0 Å². The van der Waals surface area contributed by atoms with Gasteiger partial charge in [0.1, 0.15) is 6.61 Å². The highest BCUT2D eigenvalue weighted by Gasteiger charge is 2.26. The molecule has 0 bridgehead atoms. The van der Waals surface area contributed by atoms with E-state index in [1.54, 1.807) is 30.3 Å². The molecule has 0 saturated carbocycles. The molecule has 5 nitrogen and oxygen atoms in total. The largest absolute Gasteiger partial charge is 0.485 e. The molecular weight excluding hydrogens is 339 g/mol. The number of nitrogens with one attached hydrogen (secondary N) is 1. The normalized spacial score (nSPS) is 16.3. The average Bonchev–Trinajstić information content (AvgIpc) is 2.56. The fourth-order valence-corrected chi connectivity index (χ4v) is 2.45. The van der Waals surface area contributed by atoms with Crippen molar-refractivity contribution in [2.24, 2.45) is 5.10 Å². The third-order valence-electron chi connectivity index (χ3n) is 3.14. The van der Waals surface area contributed by atoms with E-state index < -0.39 is 12.0 Å². The quantitative estimate of drug-likeness (QED) is 0.682. The van der Waals surface area contributed by atoms with Gasteiger partial charge in [-0.2, -0.15) is 5.10 Å². The Kier molecular flexibility index (Phi) is 4.69. The molecule has 7 heteroatoms. The molecule has 1 heterocycles. The first kappa shape index (κ1) is 15.6. The maximum atomic E-state index is 12.1. The molecule has 23 heavy (non-hydrogen) atoms. The monoisotopic (exact) mass is 350 g/mol. The van der Waals surface area contributed by atoms with Gasteiger partial charge in [-0.05, 0) is 24.3 Å². The van der Waals surface area contributed by atoms with Crippen molar-refractivity contribution < 1.29 is 14.3 Å². The van der Waals surface area contributed by atoms with Crippen LogP contribution in [0.3, 0.4) is 0 Å². The van der Waals surface area contributed by atoms with Crippen LogP contribution in [0.15, 0.2) is 47.6 Å².